The summed E-state index contributed by atoms with van der Waals surface area (Å²) < 4.78 is 38.8. The zero-order valence-corrected chi connectivity index (χ0v) is 10.1. The van der Waals surface area contributed by atoms with E-state index in [1.54, 1.807) is 0 Å². The number of hydrogen-bond acceptors (Lipinski definition) is 2. The van der Waals surface area contributed by atoms with Gasteiger partial charge >= 0.3 is 12.1 Å². The predicted molar refractivity (Wildman–Crippen MR) is 68.3 cm³/mol. The number of halogens is 3. The number of benzene rings is 2. The molecule has 3 nitrogen and oxygen atoms in total. The van der Waals surface area contributed by atoms with Gasteiger partial charge in [-0.15, -0.1) is 0 Å². The van der Waals surface area contributed by atoms with Crippen LogP contribution in [0.2, 0.25) is 0 Å². The van der Waals surface area contributed by atoms with Gasteiger partial charge in [-0.05, 0) is 29.3 Å². The standard InChI is InChI=1S/C14H10F3NO2/c15-14(16,17)11-4-2-1-3-9(11)8-5-6-12(18)10(7-8)13(19)20/h1-7H,18H2,(H,19,20). The van der Waals surface area contributed by atoms with Crippen LogP contribution in [-0.4, -0.2) is 11.1 Å². The summed E-state index contributed by atoms with van der Waals surface area (Å²) in [6, 6.07) is 8.77. The number of rotatable bonds is 2. The first kappa shape index (κ1) is 13.9. The third-order valence-corrected chi connectivity index (χ3v) is 2.83. The molecule has 0 spiro atoms. The van der Waals surface area contributed by atoms with Crippen molar-refractivity contribution in [3.8, 4) is 11.1 Å². The smallest absolute Gasteiger partial charge is 0.417 e. The molecule has 0 heterocycles. The molecule has 0 aliphatic rings. The molecule has 0 aromatic heterocycles. The number of hydrogen-bond donors (Lipinski definition) is 2. The van der Waals surface area contributed by atoms with Gasteiger partial charge in [0.15, 0.2) is 0 Å². The van der Waals surface area contributed by atoms with Crippen LogP contribution in [0.5, 0.6) is 0 Å². The molecule has 104 valence electrons. The fourth-order valence-electron chi connectivity index (χ4n) is 1.89. The monoisotopic (exact) mass is 281 g/mol. The molecule has 6 heteroatoms. The maximum atomic E-state index is 12.9. The maximum absolute atomic E-state index is 12.9. The molecular weight excluding hydrogens is 271 g/mol. The highest BCUT2D eigenvalue weighted by molar-refractivity contribution is 5.95. The first-order valence-corrected chi connectivity index (χ1v) is 5.60. The van der Waals surface area contributed by atoms with E-state index < -0.39 is 17.7 Å². The third kappa shape index (κ3) is 2.59. The van der Waals surface area contributed by atoms with Crippen molar-refractivity contribution >= 4 is 11.7 Å². The molecular formula is C14H10F3NO2. The summed E-state index contributed by atoms with van der Waals surface area (Å²) >= 11 is 0. The fraction of sp³-hybridized carbons (Fsp3) is 0.0714. The molecule has 20 heavy (non-hydrogen) atoms. The van der Waals surface area contributed by atoms with Crippen LogP contribution in [0.4, 0.5) is 18.9 Å². The van der Waals surface area contributed by atoms with Crippen molar-refractivity contribution in [3.63, 3.8) is 0 Å². The summed E-state index contributed by atoms with van der Waals surface area (Å²) in [7, 11) is 0. The van der Waals surface area contributed by atoms with E-state index in [2.05, 4.69) is 0 Å². The summed E-state index contributed by atoms with van der Waals surface area (Å²) in [6.07, 6.45) is -4.51. The van der Waals surface area contributed by atoms with E-state index in [1.807, 2.05) is 0 Å². The average Bonchev–Trinajstić information content (AvgIpc) is 2.38. The Bertz CT molecular complexity index is 666. The van der Waals surface area contributed by atoms with Gasteiger partial charge in [0.1, 0.15) is 0 Å². The fourth-order valence-corrected chi connectivity index (χ4v) is 1.89. The van der Waals surface area contributed by atoms with Crippen LogP contribution >= 0.6 is 0 Å². The van der Waals surface area contributed by atoms with Crippen molar-refractivity contribution in [2.45, 2.75) is 6.18 Å². The molecule has 0 aliphatic heterocycles. The Hall–Kier alpha value is -2.50. The molecule has 0 fully saturated rings. The molecule has 0 amide bonds. The minimum atomic E-state index is -4.51. The van der Waals surface area contributed by atoms with E-state index >= 15 is 0 Å². The van der Waals surface area contributed by atoms with Gasteiger partial charge in [-0.3, -0.25) is 0 Å². The number of carbonyl (C=O) groups is 1. The molecule has 0 aliphatic carbocycles. The Morgan fingerprint density at radius 1 is 1.10 bits per heavy atom. The summed E-state index contributed by atoms with van der Waals surface area (Å²) in [5.41, 5.74) is 4.53. The normalized spacial score (nSPS) is 11.3. The van der Waals surface area contributed by atoms with E-state index in [1.165, 1.54) is 30.3 Å². The lowest BCUT2D eigenvalue weighted by molar-refractivity contribution is -0.137. The second-order valence-electron chi connectivity index (χ2n) is 4.15. The number of carboxylic acids is 1. The summed E-state index contributed by atoms with van der Waals surface area (Å²) in [5.74, 6) is -1.28. The van der Waals surface area contributed by atoms with Gasteiger partial charge in [-0.25, -0.2) is 4.79 Å². The van der Waals surface area contributed by atoms with Gasteiger partial charge in [0, 0.05) is 5.69 Å². The van der Waals surface area contributed by atoms with Crippen LogP contribution in [0.25, 0.3) is 11.1 Å². The van der Waals surface area contributed by atoms with Gasteiger partial charge < -0.3 is 10.8 Å². The van der Waals surface area contributed by atoms with Crippen LogP contribution in [0.15, 0.2) is 42.5 Å². The number of nitrogens with two attached hydrogens (primary N) is 1. The minimum Gasteiger partial charge on any atom is -0.478 e. The third-order valence-electron chi connectivity index (χ3n) is 2.83. The Kier molecular flexibility index (Phi) is 3.40. The molecule has 2 aromatic carbocycles. The van der Waals surface area contributed by atoms with Crippen LogP contribution in [0.3, 0.4) is 0 Å². The Labute approximate surface area is 112 Å². The molecule has 0 radical (unpaired) electrons. The van der Waals surface area contributed by atoms with Gasteiger partial charge in [0.25, 0.3) is 0 Å². The second-order valence-corrected chi connectivity index (χ2v) is 4.15. The molecule has 0 saturated carbocycles. The van der Waals surface area contributed by atoms with Crippen LogP contribution < -0.4 is 5.73 Å². The zero-order valence-electron chi connectivity index (χ0n) is 10.1. The number of aromatic carboxylic acids is 1. The van der Waals surface area contributed by atoms with Crippen molar-refractivity contribution in [1.82, 2.24) is 0 Å². The van der Waals surface area contributed by atoms with Gasteiger partial charge in [0.05, 0.1) is 11.1 Å². The van der Waals surface area contributed by atoms with E-state index in [0.29, 0.717) is 0 Å². The van der Waals surface area contributed by atoms with Crippen LogP contribution in [-0.2, 0) is 6.18 Å². The number of carboxylic acid groups (broad SMARTS) is 1. The molecule has 2 aromatic rings. The van der Waals surface area contributed by atoms with Crippen LogP contribution in [0.1, 0.15) is 15.9 Å². The lowest BCUT2D eigenvalue weighted by Crippen LogP contribution is -2.07. The number of alkyl halides is 3. The zero-order chi connectivity index (χ0) is 14.9. The van der Waals surface area contributed by atoms with Crippen molar-refractivity contribution < 1.29 is 23.1 Å². The highest BCUT2D eigenvalue weighted by atomic mass is 19.4. The van der Waals surface area contributed by atoms with Crippen molar-refractivity contribution in [2.24, 2.45) is 0 Å². The predicted octanol–water partition coefficient (Wildman–Crippen LogP) is 3.65. The molecule has 0 bridgehead atoms. The lowest BCUT2D eigenvalue weighted by Gasteiger charge is -2.13. The Morgan fingerprint density at radius 2 is 1.75 bits per heavy atom. The first-order chi connectivity index (χ1) is 9.30. The summed E-state index contributed by atoms with van der Waals surface area (Å²) in [5, 5.41) is 8.96. The SMILES string of the molecule is Nc1ccc(-c2ccccc2C(F)(F)F)cc1C(=O)O. The Morgan fingerprint density at radius 3 is 2.35 bits per heavy atom. The average molecular weight is 281 g/mol. The Balaban J connectivity index is 2.64. The first-order valence-electron chi connectivity index (χ1n) is 5.60. The molecule has 3 N–H and O–H groups in total. The highest BCUT2D eigenvalue weighted by Gasteiger charge is 2.33. The topological polar surface area (TPSA) is 63.3 Å². The maximum Gasteiger partial charge on any atom is 0.417 e. The van der Waals surface area contributed by atoms with Gasteiger partial charge in [-0.2, -0.15) is 13.2 Å². The van der Waals surface area contributed by atoms with E-state index in [9.17, 15) is 18.0 Å². The van der Waals surface area contributed by atoms with Crippen molar-refractivity contribution in [2.75, 3.05) is 5.73 Å². The lowest BCUT2D eigenvalue weighted by atomic mass is 9.97. The highest BCUT2D eigenvalue weighted by Crippen LogP contribution is 2.37. The molecule has 0 atom stereocenters. The van der Waals surface area contributed by atoms with Crippen molar-refractivity contribution in [3.05, 3.63) is 53.6 Å². The van der Waals surface area contributed by atoms with Crippen molar-refractivity contribution in [1.29, 1.82) is 0 Å². The number of nitrogen functional groups attached to an aromatic ring is 1. The van der Waals surface area contributed by atoms with E-state index in [-0.39, 0.29) is 22.4 Å². The molecule has 0 unspecified atom stereocenters. The second kappa shape index (κ2) is 4.88. The largest absolute Gasteiger partial charge is 0.478 e. The van der Waals surface area contributed by atoms with E-state index in [0.717, 1.165) is 12.1 Å². The molecule has 0 saturated heterocycles. The van der Waals surface area contributed by atoms with Crippen LogP contribution in [0, 0.1) is 0 Å². The van der Waals surface area contributed by atoms with E-state index in [4.69, 9.17) is 10.8 Å². The summed E-state index contributed by atoms with van der Waals surface area (Å²) in [6.45, 7) is 0. The molecule has 2 rings (SSSR count). The quantitative estimate of drug-likeness (QED) is 0.826. The van der Waals surface area contributed by atoms with Gasteiger partial charge in [0.2, 0.25) is 0 Å². The summed E-state index contributed by atoms with van der Waals surface area (Å²) in [4.78, 5) is 11.0. The minimum absolute atomic E-state index is 0.00531. The number of anilines is 1. The van der Waals surface area contributed by atoms with Gasteiger partial charge in [-0.1, -0.05) is 24.3 Å².